The topological polar surface area (TPSA) is 67.4 Å². The fraction of sp³-hybridized carbons (Fsp3) is 0.227. The zero-order valence-electron chi connectivity index (χ0n) is 16.5. The molecule has 6 nitrogen and oxygen atoms in total. The van der Waals surface area contributed by atoms with E-state index in [-0.39, 0.29) is 18.3 Å². The lowest BCUT2D eigenvalue weighted by Gasteiger charge is -2.26. The van der Waals surface area contributed by atoms with Crippen LogP contribution in [0.25, 0.3) is 11.4 Å². The van der Waals surface area contributed by atoms with Crippen LogP contribution >= 0.6 is 24.0 Å². The summed E-state index contributed by atoms with van der Waals surface area (Å²) in [7, 11) is 0. The summed E-state index contributed by atoms with van der Waals surface area (Å²) in [6.45, 7) is 4.35. The average molecular weight is 445 g/mol. The predicted octanol–water partition coefficient (Wildman–Crippen LogP) is 4.74. The first kappa shape index (κ1) is 22.0. The van der Waals surface area contributed by atoms with Gasteiger partial charge in [0, 0.05) is 41.7 Å². The fourth-order valence-corrected chi connectivity index (χ4v) is 3.41. The van der Waals surface area contributed by atoms with E-state index >= 15 is 0 Å². The van der Waals surface area contributed by atoms with Gasteiger partial charge in [0.05, 0.1) is 18.2 Å². The Balaban J connectivity index is 0.00000256. The third-order valence-corrected chi connectivity index (χ3v) is 5.00. The molecule has 30 heavy (non-hydrogen) atoms. The summed E-state index contributed by atoms with van der Waals surface area (Å²) in [5.41, 5.74) is 3.11. The number of morpholine rings is 1. The van der Waals surface area contributed by atoms with Gasteiger partial charge in [-0.1, -0.05) is 23.7 Å². The molecule has 4 rings (SSSR count). The summed E-state index contributed by atoms with van der Waals surface area (Å²) in [5.74, 6) is 1.26. The van der Waals surface area contributed by atoms with Crippen LogP contribution in [0.2, 0.25) is 5.02 Å². The molecule has 1 fully saturated rings. The first-order valence-electron chi connectivity index (χ1n) is 9.45. The van der Waals surface area contributed by atoms with Gasteiger partial charge >= 0.3 is 0 Å². The summed E-state index contributed by atoms with van der Waals surface area (Å²) in [6.07, 6.45) is 0. The molecule has 0 atom stereocenters. The number of benzene rings is 2. The highest BCUT2D eigenvalue weighted by Gasteiger charge is 2.18. The Morgan fingerprint density at radius 2 is 1.77 bits per heavy atom. The molecule has 1 amide bonds. The number of halogens is 2. The van der Waals surface area contributed by atoms with Crippen molar-refractivity contribution in [2.24, 2.45) is 0 Å². The minimum absolute atomic E-state index is 0. The molecule has 0 radical (unpaired) electrons. The van der Waals surface area contributed by atoms with E-state index in [1.54, 1.807) is 0 Å². The Labute approximate surface area is 186 Å². The second-order valence-electron chi connectivity index (χ2n) is 6.80. The van der Waals surface area contributed by atoms with Gasteiger partial charge in [-0.25, -0.2) is 9.97 Å². The van der Waals surface area contributed by atoms with Crippen LogP contribution in [0.1, 0.15) is 16.1 Å². The standard InChI is InChI=1S/C22H21ClN4O2.ClH/c1-15-14-20(26-21(24-15)18-4-2-3-5-19(18)23)25-17-8-6-16(7-9-17)22(28)27-10-12-29-13-11-27;/h2-9,14H,10-13H2,1H3,(H,24,25,26);1H. The number of aryl methyl sites for hydroxylation is 1. The van der Waals surface area contributed by atoms with E-state index in [2.05, 4.69) is 15.3 Å². The largest absolute Gasteiger partial charge is 0.378 e. The van der Waals surface area contributed by atoms with Crippen LogP contribution in [-0.4, -0.2) is 47.1 Å². The second kappa shape index (κ2) is 9.89. The molecule has 2 aromatic carbocycles. The van der Waals surface area contributed by atoms with E-state index in [0.717, 1.165) is 16.9 Å². The maximum absolute atomic E-state index is 12.6. The lowest BCUT2D eigenvalue weighted by molar-refractivity contribution is 0.0303. The highest BCUT2D eigenvalue weighted by Crippen LogP contribution is 2.26. The third kappa shape index (κ3) is 5.08. The van der Waals surface area contributed by atoms with Crippen molar-refractivity contribution < 1.29 is 9.53 Å². The van der Waals surface area contributed by atoms with Crippen molar-refractivity contribution in [1.29, 1.82) is 0 Å². The molecule has 1 aromatic heterocycles. The summed E-state index contributed by atoms with van der Waals surface area (Å²) in [6, 6.07) is 16.8. The molecule has 1 saturated heterocycles. The Morgan fingerprint density at radius 1 is 1.07 bits per heavy atom. The van der Waals surface area contributed by atoms with E-state index in [9.17, 15) is 4.79 Å². The van der Waals surface area contributed by atoms with Gasteiger partial charge in [0.1, 0.15) is 5.82 Å². The van der Waals surface area contributed by atoms with Crippen LogP contribution in [0, 0.1) is 6.92 Å². The number of carbonyl (C=O) groups is 1. The first-order valence-corrected chi connectivity index (χ1v) is 9.82. The van der Waals surface area contributed by atoms with E-state index in [0.29, 0.717) is 48.5 Å². The minimum atomic E-state index is 0. The summed E-state index contributed by atoms with van der Waals surface area (Å²) < 4.78 is 5.31. The van der Waals surface area contributed by atoms with Gasteiger partial charge in [-0.15, -0.1) is 12.4 Å². The summed E-state index contributed by atoms with van der Waals surface area (Å²) >= 11 is 6.29. The van der Waals surface area contributed by atoms with Crippen molar-refractivity contribution >= 4 is 41.4 Å². The van der Waals surface area contributed by atoms with Crippen molar-refractivity contribution in [3.63, 3.8) is 0 Å². The SMILES string of the molecule is Cc1cc(Nc2ccc(C(=O)N3CCOCC3)cc2)nc(-c2ccccc2Cl)n1.Cl. The number of nitrogens with zero attached hydrogens (tertiary/aromatic N) is 3. The molecule has 0 aliphatic carbocycles. The molecule has 0 spiro atoms. The zero-order chi connectivity index (χ0) is 20.2. The van der Waals surface area contributed by atoms with Gasteiger partial charge in [-0.2, -0.15) is 0 Å². The number of ether oxygens (including phenoxy) is 1. The van der Waals surface area contributed by atoms with Crippen molar-refractivity contribution in [2.45, 2.75) is 6.92 Å². The number of amides is 1. The van der Waals surface area contributed by atoms with Gasteiger partial charge in [0.15, 0.2) is 5.82 Å². The number of aromatic nitrogens is 2. The fourth-order valence-electron chi connectivity index (χ4n) is 3.19. The maximum atomic E-state index is 12.6. The molecule has 8 heteroatoms. The van der Waals surface area contributed by atoms with Crippen molar-refractivity contribution in [3.8, 4) is 11.4 Å². The molecule has 0 saturated carbocycles. The van der Waals surface area contributed by atoms with Crippen LogP contribution in [0.3, 0.4) is 0 Å². The zero-order valence-corrected chi connectivity index (χ0v) is 18.0. The molecule has 0 unspecified atom stereocenters. The van der Waals surface area contributed by atoms with E-state index in [1.165, 1.54) is 0 Å². The smallest absolute Gasteiger partial charge is 0.254 e. The summed E-state index contributed by atoms with van der Waals surface area (Å²) in [4.78, 5) is 23.5. The van der Waals surface area contributed by atoms with Crippen LogP contribution in [0.4, 0.5) is 11.5 Å². The van der Waals surface area contributed by atoms with Crippen LogP contribution < -0.4 is 5.32 Å². The lowest BCUT2D eigenvalue weighted by Crippen LogP contribution is -2.40. The van der Waals surface area contributed by atoms with Gasteiger partial charge < -0.3 is 15.0 Å². The van der Waals surface area contributed by atoms with Crippen LogP contribution in [0.15, 0.2) is 54.6 Å². The van der Waals surface area contributed by atoms with Crippen molar-refractivity contribution in [1.82, 2.24) is 14.9 Å². The van der Waals surface area contributed by atoms with E-state index < -0.39 is 0 Å². The molecule has 1 aliphatic heterocycles. The molecular formula is C22H22Cl2N4O2. The normalized spacial score (nSPS) is 13.5. The number of hydrogen-bond donors (Lipinski definition) is 1. The molecule has 2 heterocycles. The minimum Gasteiger partial charge on any atom is -0.378 e. The monoisotopic (exact) mass is 444 g/mol. The Morgan fingerprint density at radius 3 is 2.47 bits per heavy atom. The first-order chi connectivity index (χ1) is 14.1. The van der Waals surface area contributed by atoms with Gasteiger partial charge in [-0.3, -0.25) is 4.79 Å². The number of hydrogen-bond acceptors (Lipinski definition) is 5. The summed E-state index contributed by atoms with van der Waals surface area (Å²) in [5, 5.41) is 3.89. The Bertz CT molecular complexity index is 1020. The maximum Gasteiger partial charge on any atom is 0.254 e. The number of anilines is 2. The average Bonchev–Trinajstić information content (AvgIpc) is 2.74. The molecular weight excluding hydrogens is 423 g/mol. The molecule has 156 valence electrons. The molecule has 3 aromatic rings. The number of carbonyl (C=O) groups excluding carboxylic acids is 1. The Kier molecular flexibility index (Phi) is 7.26. The van der Waals surface area contributed by atoms with Gasteiger partial charge in [-0.05, 0) is 43.3 Å². The molecule has 0 bridgehead atoms. The molecule has 1 N–H and O–H groups in total. The second-order valence-corrected chi connectivity index (χ2v) is 7.21. The van der Waals surface area contributed by atoms with Crippen LogP contribution in [0.5, 0.6) is 0 Å². The van der Waals surface area contributed by atoms with Gasteiger partial charge in [0.2, 0.25) is 0 Å². The van der Waals surface area contributed by atoms with Crippen LogP contribution in [-0.2, 0) is 4.74 Å². The highest BCUT2D eigenvalue weighted by atomic mass is 35.5. The van der Waals surface area contributed by atoms with Gasteiger partial charge in [0.25, 0.3) is 5.91 Å². The van der Waals surface area contributed by atoms with Crippen molar-refractivity contribution in [2.75, 3.05) is 31.6 Å². The quantitative estimate of drug-likeness (QED) is 0.628. The lowest BCUT2D eigenvalue weighted by atomic mass is 10.1. The Hall–Kier alpha value is -2.67. The van der Waals surface area contributed by atoms with Crippen molar-refractivity contribution in [3.05, 3.63) is 70.9 Å². The highest BCUT2D eigenvalue weighted by molar-refractivity contribution is 6.33. The molecule has 1 aliphatic rings. The number of rotatable bonds is 4. The van der Waals surface area contributed by atoms with E-state index in [4.69, 9.17) is 16.3 Å². The number of nitrogens with one attached hydrogen (secondary N) is 1. The predicted molar refractivity (Wildman–Crippen MR) is 121 cm³/mol. The third-order valence-electron chi connectivity index (χ3n) is 4.67. The van der Waals surface area contributed by atoms with E-state index in [1.807, 2.05) is 66.4 Å².